The van der Waals surface area contributed by atoms with Gasteiger partial charge in [-0.3, -0.25) is 19.2 Å². The summed E-state index contributed by atoms with van der Waals surface area (Å²) in [6.07, 6.45) is -4.99. The minimum absolute atomic E-state index is 0.180. The van der Waals surface area contributed by atoms with Gasteiger partial charge in [0.15, 0.2) is 12.2 Å². The molecule has 0 N–H and O–H groups in total. The summed E-state index contributed by atoms with van der Waals surface area (Å²) in [4.78, 5) is 46.1. The maximum absolute atomic E-state index is 11.7. The number of hydrogen-bond donors (Lipinski definition) is 0. The smallest absolute Gasteiger partial charge is 0.303 e. The van der Waals surface area contributed by atoms with E-state index in [4.69, 9.17) is 23.7 Å². The van der Waals surface area contributed by atoms with Crippen LogP contribution in [0.1, 0.15) is 27.7 Å². The van der Waals surface area contributed by atoms with E-state index in [1.807, 2.05) is 0 Å². The van der Waals surface area contributed by atoms with Crippen LogP contribution in [0.2, 0.25) is 0 Å². The fourth-order valence-electron chi connectivity index (χ4n) is 2.83. The fraction of sp³-hybridized carbons (Fsp3) is 0.765. The molecule has 0 aromatic carbocycles. The van der Waals surface area contributed by atoms with Crippen LogP contribution in [-0.2, 0) is 42.9 Å². The number of ether oxygens (including phenoxy) is 5. The summed E-state index contributed by atoms with van der Waals surface area (Å²) in [5, 5.41) is 0. The maximum atomic E-state index is 11.7. The van der Waals surface area contributed by atoms with Gasteiger partial charge in [0, 0.05) is 27.7 Å². The summed E-state index contributed by atoms with van der Waals surface area (Å²) in [6, 6.07) is 0. The Balaban J connectivity index is 3.36. The van der Waals surface area contributed by atoms with Crippen molar-refractivity contribution in [3.63, 3.8) is 0 Å². The van der Waals surface area contributed by atoms with Crippen LogP contribution in [0.5, 0.6) is 0 Å². The first-order valence-corrected chi connectivity index (χ1v) is 8.44. The highest BCUT2D eigenvalue weighted by Gasteiger charge is 2.56. The number of esters is 4. The minimum Gasteiger partial charge on any atom is -0.463 e. The largest absolute Gasteiger partial charge is 0.463 e. The molecule has 0 aromatic heterocycles. The van der Waals surface area contributed by atoms with Crippen molar-refractivity contribution in [3.8, 4) is 0 Å². The molecule has 0 saturated carbocycles. The van der Waals surface area contributed by atoms with Crippen molar-refractivity contribution in [2.24, 2.45) is 0 Å². The predicted molar refractivity (Wildman–Crippen MR) is 90.0 cm³/mol. The highest BCUT2D eigenvalue weighted by molar-refractivity contribution is 5.68. The van der Waals surface area contributed by atoms with Crippen molar-refractivity contribution >= 4 is 23.9 Å². The van der Waals surface area contributed by atoms with Crippen LogP contribution in [0.25, 0.3) is 0 Å². The Hall–Kier alpha value is -2.20. The molecule has 0 unspecified atom stereocenters. The Morgan fingerprint density at radius 3 is 1.59 bits per heavy atom. The van der Waals surface area contributed by atoms with E-state index in [-0.39, 0.29) is 11.1 Å². The van der Waals surface area contributed by atoms with Crippen LogP contribution in [0.4, 0.5) is 0 Å². The third-order valence-corrected chi connectivity index (χ3v) is 3.73. The highest BCUT2D eigenvalue weighted by atomic mass is 16.7. The van der Waals surface area contributed by atoms with E-state index in [1.165, 1.54) is 27.7 Å². The average molecular weight is 390 g/mol. The number of likely N-dealkylation sites (N-methyl/N-ethyl adjacent to an activating group) is 1. The van der Waals surface area contributed by atoms with Crippen LogP contribution in [0.15, 0.2) is 0 Å². The number of rotatable bonds is 6. The molecular formula is C17H28NO9+. The van der Waals surface area contributed by atoms with Gasteiger partial charge >= 0.3 is 23.9 Å². The van der Waals surface area contributed by atoms with Gasteiger partial charge < -0.3 is 28.2 Å². The molecule has 0 aliphatic carbocycles. The van der Waals surface area contributed by atoms with E-state index in [2.05, 4.69) is 0 Å². The normalized spacial score (nSPS) is 28.0. The molecule has 0 radical (unpaired) electrons. The summed E-state index contributed by atoms with van der Waals surface area (Å²) in [7, 11) is 5.38. The minimum atomic E-state index is -1.13. The molecule has 0 amide bonds. The molecule has 27 heavy (non-hydrogen) atoms. The van der Waals surface area contributed by atoms with Crippen LogP contribution in [0.3, 0.4) is 0 Å². The van der Waals surface area contributed by atoms with Gasteiger partial charge in [0.05, 0.1) is 21.1 Å². The Bertz CT molecular complexity index is 583. The molecule has 10 nitrogen and oxygen atoms in total. The lowest BCUT2D eigenvalue weighted by atomic mass is 9.96. The topological polar surface area (TPSA) is 114 Å². The van der Waals surface area contributed by atoms with Gasteiger partial charge in [0.25, 0.3) is 0 Å². The Morgan fingerprint density at radius 2 is 1.19 bits per heavy atom. The van der Waals surface area contributed by atoms with Crippen molar-refractivity contribution in [1.82, 2.24) is 0 Å². The van der Waals surface area contributed by atoms with Crippen molar-refractivity contribution in [2.75, 3.05) is 27.7 Å². The van der Waals surface area contributed by atoms with Gasteiger partial charge in [0.1, 0.15) is 12.7 Å². The van der Waals surface area contributed by atoms with E-state index < -0.39 is 54.5 Å². The van der Waals surface area contributed by atoms with E-state index >= 15 is 0 Å². The second-order valence-corrected chi connectivity index (χ2v) is 7.21. The van der Waals surface area contributed by atoms with E-state index in [1.54, 1.807) is 21.1 Å². The summed E-state index contributed by atoms with van der Waals surface area (Å²) in [5.41, 5.74) is 0. The summed E-state index contributed by atoms with van der Waals surface area (Å²) in [5.74, 6) is -2.46. The predicted octanol–water partition coefficient (Wildman–Crippen LogP) is -0.224. The molecule has 0 bridgehead atoms. The van der Waals surface area contributed by atoms with Gasteiger partial charge in [0.2, 0.25) is 12.3 Å². The standard InChI is InChI=1S/C17H28NO9/c1-9(19)23-8-13-14(24-10(2)20)15(25-11(3)21)16(26-12(4)22)17(27-13)18(5,6)7/h13-17H,8H2,1-7H3/q+1/t13-,14-,15+,16-,17-/m1/s1. The SMILES string of the molecule is CC(=O)OC[C@H]1O[C@@H]([N+](C)(C)C)[C@H](OC(C)=O)[C@@H](OC(C)=O)[C@@H]1OC(C)=O. The van der Waals surface area contributed by atoms with Crippen LogP contribution < -0.4 is 0 Å². The first kappa shape index (κ1) is 22.8. The van der Waals surface area contributed by atoms with Crippen molar-refractivity contribution < 1.29 is 47.3 Å². The first-order valence-electron chi connectivity index (χ1n) is 8.44. The van der Waals surface area contributed by atoms with Gasteiger partial charge in [-0.05, 0) is 0 Å². The molecule has 154 valence electrons. The zero-order chi connectivity index (χ0) is 20.9. The molecule has 0 aromatic rings. The lowest BCUT2D eigenvalue weighted by Gasteiger charge is -2.48. The zero-order valence-corrected chi connectivity index (χ0v) is 16.7. The number of carbonyl (C=O) groups is 4. The van der Waals surface area contributed by atoms with Crippen molar-refractivity contribution in [1.29, 1.82) is 0 Å². The monoisotopic (exact) mass is 390 g/mol. The van der Waals surface area contributed by atoms with Crippen LogP contribution in [-0.4, -0.2) is 86.8 Å². The molecule has 1 fully saturated rings. The van der Waals surface area contributed by atoms with Crippen LogP contribution >= 0.6 is 0 Å². The van der Waals surface area contributed by atoms with Gasteiger partial charge in [-0.15, -0.1) is 0 Å². The van der Waals surface area contributed by atoms with Crippen LogP contribution in [0, 0.1) is 0 Å². The van der Waals surface area contributed by atoms with Gasteiger partial charge in [-0.1, -0.05) is 0 Å². The zero-order valence-electron chi connectivity index (χ0n) is 16.7. The third kappa shape index (κ3) is 6.79. The summed E-state index contributed by atoms with van der Waals surface area (Å²) < 4.78 is 27.2. The number of hydrogen-bond acceptors (Lipinski definition) is 9. The summed E-state index contributed by atoms with van der Waals surface area (Å²) in [6.45, 7) is 4.58. The third-order valence-electron chi connectivity index (χ3n) is 3.73. The second kappa shape index (κ2) is 9.14. The average Bonchev–Trinajstić information content (AvgIpc) is 2.46. The second-order valence-electron chi connectivity index (χ2n) is 7.21. The Morgan fingerprint density at radius 1 is 0.741 bits per heavy atom. The lowest BCUT2D eigenvalue weighted by Crippen LogP contribution is -2.68. The van der Waals surface area contributed by atoms with Gasteiger partial charge in [-0.25, -0.2) is 0 Å². The molecule has 1 aliphatic heterocycles. The molecule has 0 spiro atoms. The van der Waals surface area contributed by atoms with Crippen molar-refractivity contribution in [3.05, 3.63) is 0 Å². The number of nitrogens with zero attached hydrogens (tertiary/aromatic N) is 1. The fourth-order valence-corrected chi connectivity index (χ4v) is 2.83. The molecule has 1 heterocycles. The molecule has 5 atom stereocenters. The molecular weight excluding hydrogens is 362 g/mol. The maximum Gasteiger partial charge on any atom is 0.303 e. The number of carbonyl (C=O) groups excluding carboxylic acids is 4. The molecule has 1 aliphatic rings. The molecule has 1 rings (SSSR count). The highest BCUT2D eigenvalue weighted by Crippen LogP contribution is 2.31. The Kier molecular flexibility index (Phi) is 7.73. The van der Waals surface area contributed by atoms with E-state index in [0.717, 1.165) is 0 Å². The first-order chi connectivity index (χ1) is 12.3. The summed E-state index contributed by atoms with van der Waals surface area (Å²) >= 11 is 0. The van der Waals surface area contributed by atoms with E-state index in [9.17, 15) is 19.2 Å². The molecule has 10 heteroatoms. The lowest BCUT2D eigenvalue weighted by molar-refractivity contribution is -0.927. The van der Waals surface area contributed by atoms with Gasteiger partial charge in [-0.2, -0.15) is 0 Å². The van der Waals surface area contributed by atoms with E-state index in [0.29, 0.717) is 0 Å². The molecule has 1 saturated heterocycles. The number of quaternary nitrogens is 1. The Labute approximate surface area is 158 Å². The quantitative estimate of drug-likeness (QED) is 0.345. The van der Waals surface area contributed by atoms with Crippen molar-refractivity contribution in [2.45, 2.75) is 58.3 Å².